The van der Waals surface area contributed by atoms with E-state index in [4.69, 9.17) is 10.0 Å². The molecule has 0 aliphatic heterocycles. The second kappa shape index (κ2) is 2.40. The van der Waals surface area contributed by atoms with Crippen molar-refractivity contribution in [1.29, 1.82) is 0 Å². The van der Waals surface area contributed by atoms with Crippen molar-refractivity contribution < 1.29 is 14.4 Å². The summed E-state index contributed by atoms with van der Waals surface area (Å²) in [5, 5.41) is 15.5. The van der Waals surface area contributed by atoms with Gasteiger partial charge in [-0.2, -0.15) is 0 Å². The normalized spacial score (nSPS) is 8.40. The van der Waals surface area contributed by atoms with E-state index in [1.165, 1.54) is 0 Å². The summed E-state index contributed by atoms with van der Waals surface area (Å²) in [4.78, 5) is 0. The van der Waals surface area contributed by atoms with E-state index in [-0.39, 0.29) is 0 Å². The number of rotatable bonds is 1. The molecule has 0 aliphatic carbocycles. The van der Waals surface area contributed by atoms with Gasteiger partial charge in [-0.05, 0) is 0 Å². The lowest BCUT2D eigenvalue weighted by Gasteiger charge is -1.85. The Labute approximate surface area is 33.3 Å². The van der Waals surface area contributed by atoms with Crippen LogP contribution in [0.5, 0.6) is 0 Å². The van der Waals surface area contributed by atoms with Crippen LogP contribution in [0.3, 0.4) is 0 Å². The quantitative estimate of drug-likeness (QED) is 0.345. The zero-order chi connectivity index (χ0) is 4.28. The molecule has 3 nitrogen and oxygen atoms in total. The van der Waals surface area contributed by atoms with Crippen molar-refractivity contribution in [3.63, 3.8) is 0 Å². The summed E-state index contributed by atoms with van der Waals surface area (Å²) in [6.45, 7) is 0. The Morgan fingerprint density at radius 3 is 1.80 bits per heavy atom. The van der Waals surface area contributed by atoms with Crippen LogP contribution in [0.1, 0.15) is 0 Å². The molecule has 0 aromatic carbocycles. The van der Waals surface area contributed by atoms with E-state index >= 15 is 0 Å². The highest BCUT2D eigenvalue weighted by molar-refractivity contribution is 6.38. The lowest BCUT2D eigenvalue weighted by atomic mass is 10.3. The average molecular weight is 91.9 g/mol. The highest BCUT2D eigenvalue weighted by atomic mass is 28.2. The fraction of sp³-hybridized carbons (Fsp3) is 0. The SMILES string of the molecule is OB(O)O[SiH3]. The molecule has 5 heavy (non-hydrogen) atoms. The minimum Gasteiger partial charge on any atom is -0.437 e. The molecule has 0 atom stereocenters. The van der Waals surface area contributed by atoms with Gasteiger partial charge in [0.1, 0.15) is 10.5 Å². The van der Waals surface area contributed by atoms with Crippen LogP contribution < -0.4 is 0 Å². The smallest absolute Gasteiger partial charge is 0.437 e. The van der Waals surface area contributed by atoms with Gasteiger partial charge in [0.25, 0.3) is 0 Å². The van der Waals surface area contributed by atoms with Crippen molar-refractivity contribution in [3.8, 4) is 0 Å². The van der Waals surface area contributed by atoms with Crippen LogP contribution >= 0.6 is 0 Å². The Balaban J connectivity index is 2.54. The topological polar surface area (TPSA) is 49.7 Å². The largest absolute Gasteiger partial charge is 0.622 e. The van der Waals surface area contributed by atoms with Gasteiger partial charge < -0.3 is 14.4 Å². The van der Waals surface area contributed by atoms with Gasteiger partial charge in [-0.25, -0.2) is 0 Å². The minimum absolute atomic E-state index is 0.373. The molecular weight excluding hydrogens is 86.9 g/mol. The van der Waals surface area contributed by atoms with E-state index in [1.807, 2.05) is 0 Å². The van der Waals surface area contributed by atoms with Crippen LogP contribution in [0.4, 0.5) is 0 Å². The molecule has 0 radical (unpaired) electrons. The standard InChI is InChI=1S/BH5O3Si/c2-1(3)4-5/h2-3H,5H3. The van der Waals surface area contributed by atoms with Crippen molar-refractivity contribution in [2.45, 2.75) is 0 Å². The van der Waals surface area contributed by atoms with Gasteiger partial charge >= 0.3 is 7.32 Å². The molecule has 5 heteroatoms. The molecule has 0 saturated carbocycles. The fourth-order valence-electron chi connectivity index (χ4n) is 0. The summed E-state index contributed by atoms with van der Waals surface area (Å²) in [5.74, 6) is 0. The molecule has 0 fully saturated rings. The fourth-order valence-corrected chi connectivity index (χ4v) is 0. The number of hydrogen-bond donors (Lipinski definition) is 2. The average Bonchev–Trinajstić information content (AvgIpc) is 1.38. The Morgan fingerprint density at radius 2 is 1.80 bits per heavy atom. The van der Waals surface area contributed by atoms with Gasteiger partial charge in [0.05, 0.1) is 0 Å². The Bertz CT molecular complexity index is 20.9. The number of hydrogen-bond acceptors (Lipinski definition) is 3. The minimum atomic E-state index is -1.55. The highest BCUT2D eigenvalue weighted by Crippen LogP contribution is 1.58. The Kier molecular flexibility index (Phi) is 2.48. The van der Waals surface area contributed by atoms with Crippen LogP contribution in [-0.2, 0) is 4.34 Å². The third-order valence-electron chi connectivity index (χ3n) is 0.211. The molecule has 0 saturated heterocycles. The van der Waals surface area contributed by atoms with Crippen molar-refractivity contribution in [2.24, 2.45) is 0 Å². The lowest BCUT2D eigenvalue weighted by molar-refractivity contribution is 0.299. The first-order valence-electron chi connectivity index (χ1n) is 1.16. The molecule has 0 spiro atoms. The first-order chi connectivity index (χ1) is 2.27. The Hall–Kier alpha value is 0.162. The molecule has 0 unspecified atom stereocenters. The highest BCUT2D eigenvalue weighted by Gasteiger charge is 1.99. The second-order valence-corrected chi connectivity index (χ2v) is 1.03. The summed E-state index contributed by atoms with van der Waals surface area (Å²) in [5.41, 5.74) is 0. The van der Waals surface area contributed by atoms with Gasteiger partial charge in [0.15, 0.2) is 0 Å². The van der Waals surface area contributed by atoms with E-state index in [2.05, 4.69) is 4.34 Å². The van der Waals surface area contributed by atoms with E-state index in [9.17, 15) is 0 Å². The van der Waals surface area contributed by atoms with Crippen LogP contribution in [0, 0.1) is 0 Å². The monoisotopic (exact) mass is 92.0 g/mol. The van der Waals surface area contributed by atoms with Gasteiger partial charge in [-0.3, -0.25) is 0 Å². The third kappa shape index (κ3) is 4.16. The summed E-state index contributed by atoms with van der Waals surface area (Å²) in [6.07, 6.45) is 0. The summed E-state index contributed by atoms with van der Waals surface area (Å²) in [6, 6.07) is 0. The molecule has 0 rings (SSSR count). The Morgan fingerprint density at radius 1 is 1.60 bits per heavy atom. The first kappa shape index (κ1) is 5.16. The molecule has 0 heterocycles. The van der Waals surface area contributed by atoms with Crippen LogP contribution in [0.2, 0.25) is 0 Å². The van der Waals surface area contributed by atoms with Crippen molar-refractivity contribution in [3.05, 3.63) is 0 Å². The molecule has 0 amide bonds. The van der Waals surface area contributed by atoms with Crippen LogP contribution in [0.25, 0.3) is 0 Å². The second-order valence-electron chi connectivity index (χ2n) is 0.562. The predicted octanol–water partition coefficient (Wildman–Crippen LogP) is -2.75. The van der Waals surface area contributed by atoms with Crippen LogP contribution in [-0.4, -0.2) is 27.9 Å². The molecule has 0 aromatic rings. The van der Waals surface area contributed by atoms with Crippen LogP contribution in [0.15, 0.2) is 0 Å². The molecule has 0 aromatic heterocycles. The zero-order valence-electron chi connectivity index (χ0n) is 2.88. The maximum Gasteiger partial charge on any atom is 0.622 e. The van der Waals surface area contributed by atoms with E-state index in [0.29, 0.717) is 10.5 Å². The molecule has 30 valence electrons. The van der Waals surface area contributed by atoms with E-state index < -0.39 is 7.32 Å². The maximum atomic E-state index is 7.73. The van der Waals surface area contributed by atoms with Crippen molar-refractivity contribution in [2.75, 3.05) is 0 Å². The van der Waals surface area contributed by atoms with Gasteiger partial charge in [0, 0.05) is 0 Å². The summed E-state index contributed by atoms with van der Waals surface area (Å²) < 4.78 is 4.00. The van der Waals surface area contributed by atoms with Gasteiger partial charge in [-0.1, -0.05) is 0 Å². The zero-order valence-corrected chi connectivity index (χ0v) is 4.88. The van der Waals surface area contributed by atoms with Crippen molar-refractivity contribution in [1.82, 2.24) is 0 Å². The van der Waals surface area contributed by atoms with Crippen molar-refractivity contribution >= 4 is 17.8 Å². The van der Waals surface area contributed by atoms with E-state index in [0.717, 1.165) is 0 Å². The molecule has 0 bridgehead atoms. The lowest BCUT2D eigenvalue weighted by Crippen LogP contribution is -2.13. The molecule has 2 N–H and O–H groups in total. The predicted molar refractivity (Wildman–Crippen MR) is 21.2 cm³/mol. The maximum absolute atomic E-state index is 7.73. The van der Waals surface area contributed by atoms with Gasteiger partial charge in [-0.15, -0.1) is 0 Å². The molecule has 0 aliphatic rings. The molecular formula is H5BO3Si. The van der Waals surface area contributed by atoms with E-state index in [1.54, 1.807) is 0 Å². The summed E-state index contributed by atoms with van der Waals surface area (Å²) >= 11 is 0. The first-order valence-corrected chi connectivity index (χ1v) is 1.98. The van der Waals surface area contributed by atoms with Gasteiger partial charge in [0.2, 0.25) is 0 Å². The third-order valence-corrected chi connectivity index (χ3v) is 0.632. The summed E-state index contributed by atoms with van der Waals surface area (Å²) in [7, 11) is -1.18.